The van der Waals surface area contributed by atoms with E-state index in [0.717, 1.165) is 32.5 Å². The van der Waals surface area contributed by atoms with Crippen LogP contribution in [0.15, 0.2) is 65.8 Å². The molecule has 4 aromatic rings. The number of amides is 1. The molecule has 4 rings (SSSR count). The summed E-state index contributed by atoms with van der Waals surface area (Å²) in [6.45, 7) is 4.47. The van der Waals surface area contributed by atoms with Crippen LogP contribution in [0.3, 0.4) is 0 Å². The van der Waals surface area contributed by atoms with Crippen molar-refractivity contribution in [3.05, 3.63) is 83.2 Å². The number of fused-ring (bicyclic) bond motifs is 1. The summed E-state index contributed by atoms with van der Waals surface area (Å²) in [5.41, 5.74) is 4.88. The van der Waals surface area contributed by atoms with E-state index in [1.54, 1.807) is 29.4 Å². The maximum atomic E-state index is 13.4. The standard InChI is InChI=1S/C24H23N3O3S2/c1-16-4-9-21-23(17(16)2)26-24(31-21)27(15-19-10-12-25-13-11-19)22(28)14-18-5-7-20(8-6-18)32(3,29)30/h4-13H,14-15H2,1-3H3. The summed E-state index contributed by atoms with van der Waals surface area (Å²) < 4.78 is 24.5. The van der Waals surface area contributed by atoms with Crippen LogP contribution in [0.1, 0.15) is 22.3 Å². The fourth-order valence-electron chi connectivity index (χ4n) is 3.39. The van der Waals surface area contributed by atoms with Gasteiger partial charge in [0.15, 0.2) is 15.0 Å². The fraction of sp³-hybridized carbons (Fsp3) is 0.208. The van der Waals surface area contributed by atoms with Crippen molar-refractivity contribution in [2.24, 2.45) is 0 Å². The molecular weight excluding hydrogens is 442 g/mol. The second kappa shape index (κ2) is 8.80. The zero-order chi connectivity index (χ0) is 22.9. The Hall–Kier alpha value is -3.10. The Morgan fingerprint density at radius 2 is 1.66 bits per heavy atom. The van der Waals surface area contributed by atoms with Crippen LogP contribution in [-0.4, -0.2) is 30.5 Å². The molecule has 0 radical (unpaired) electrons. The molecule has 0 N–H and O–H groups in total. The fourth-order valence-corrected chi connectivity index (χ4v) is 5.06. The molecule has 2 heterocycles. The van der Waals surface area contributed by atoms with Crippen molar-refractivity contribution in [3.63, 3.8) is 0 Å². The molecule has 0 saturated carbocycles. The minimum Gasteiger partial charge on any atom is -0.283 e. The van der Waals surface area contributed by atoms with E-state index in [1.807, 2.05) is 32.0 Å². The number of hydrogen-bond donors (Lipinski definition) is 0. The summed E-state index contributed by atoms with van der Waals surface area (Å²) in [6, 6.07) is 14.3. The van der Waals surface area contributed by atoms with Crippen LogP contribution in [0, 0.1) is 13.8 Å². The van der Waals surface area contributed by atoms with E-state index in [-0.39, 0.29) is 17.2 Å². The molecule has 164 valence electrons. The molecule has 8 heteroatoms. The quantitative estimate of drug-likeness (QED) is 0.419. The zero-order valence-electron chi connectivity index (χ0n) is 18.1. The number of carbonyl (C=O) groups is 1. The van der Waals surface area contributed by atoms with E-state index in [9.17, 15) is 13.2 Å². The Balaban J connectivity index is 1.68. The number of hydrogen-bond acceptors (Lipinski definition) is 6. The monoisotopic (exact) mass is 465 g/mol. The smallest absolute Gasteiger partial charge is 0.233 e. The number of sulfone groups is 1. The first kappa shape index (κ1) is 22.1. The van der Waals surface area contributed by atoms with Crippen molar-refractivity contribution >= 4 is 42.4 Å². The average molecular weight is 466 g/mol. The second-order valence-corrected chi connectivity index (χ2v) is 10.8. The van der Waals surface area contributed by atoms with Crippen molar-refractivity contribution in [1.29, 1.82) is 0 Å². The van der Waals surface area contributed by atoms with Crippen molar-refractivity contribution in [2.45, 2.75) is 31.7 Å². The van der Waals surface area contributed by atoms with Gasteiger partial charge in [0.2, 0.25) is 5.91 Å². The molecule has 2 aromatic carbocycles. The van der Waals surface area contributed by atoms with Gasteiger partial charge in [0.05, 0.1) is 28.1 Å². The topological polar surface area (TPSA) is 80.2 Å². The molecule has 32 heavy (non-hydrogen) atoms. The summed E-state index contributed by atoms with van der Waals surface area (Å²) >= 11 is 1.49. The van der Waals surface area contributed by atoms with Crippen molar-refractivity contribution in [3.8, 4) is 0 Å². The second-order valence-electron chi connectivity index (χ2n) is 7.78. The minimum absolute atomic E-state index is 0.109. The van der Waals surface area contributed by atoms with Gasteiger partial charge < -0.3 is 0 Å². The largest absolute Gasteiger partial charge is 0.283 e. The number of carbonyl (C=O) groups excluding carboxylic acids is 1. The number of rotatable bonds is 6. The molecule has 2 aromatic heterocycles. The minimum atomic E-state index is -3.28. The third kappa shape index (κ3) is 4.71. The lowest BCUT2D eigenvalue weighted by molar-refractivity contribution is -0.118. The van der Waals surface area contributed by atoms with Gasteiger partial charge in [-0.3, -0.25) is 14.7 Å². The first-order chi connectivity index (χ1) is 15.2. The lowest BCUT2D eigenvalue weighted by Crippen LogP contribution is -2.31. The van der Waals surface area contributed by atoms with Crippen molar-refractivity contribution in [1.82, 2.24) is 9.97 Å². The van der Waals surface area contributed by atoms with Gasteiger partial charge in [-0.1, -0.05) is 29.5 Å². The third-order valence-corrected chi connectivity index (χ3v) is 7.57. The number of nitrogens with zero attached hydrogens (tertiary/aromatic N) is 3. The van der Waals surface area contributed by atoms with Crippen LogP contribution < -0.4 is 4.90 Å². The summed E-state index contributed by atoms with van der Waals surface area (Å²) in [7, 11) is -3.28. The van der Waals surface area contributed by atoms with Crippen LogP contribution in [0.25, 0.3) is 10.2 Å². The van der Waals surface area contributed by atoms with Crippen LogP contribution in [0.2, 0.25) is 0 Å². The highest BCUT2D eigenvalue weighted by Gasteiger charge is 2.21. The van der Waals surface area contributed by atoms with Gasteiger partial charge in [0.25, 0.3) is 0 Å². The average Bonchev–Trinajstić information content (AvgIpc) is 3.20. The van der Waals surface area contributed by atoms with Crippen LogP contribution in [0.5, 0.6) is 0 Å². The molecule has 0 unspecified atom stereocenters. The van der Waals surface area contributed by atoms with Gasteiger partial charge in [0, 0.05) is 18.6 Å². The Morgan fingerprint density at radius 1 is 0.969 bits per heavy atom. The summed E-state index contributed by atoms with van der Waals surface area (Å²) in [4.78, 5) is 24.2. The van der Waals surface area contributed by atoms with Crippen molar-refractivity contribution in [2.75, 3.05) is 11.2 Å². The molecule has 0 atom stereocenters. The Morgan fingerprint density at radius 3 is 2.31 bits per heavy atom. The van der Waals surface area contributed by atoms with Gasteiger partial charge in [0.1, 0.15) is 0 Å². The summed E-state index contributed by atoms with van der Waals surface area (Å²) in [5, 5.41) is 0.642. The van der Waals surface area contributed by atoms with E-state index < -0.39 is 9.84 Å². The lowest BCUT2D eigenvalue weighted by Gasteiger charge is -2.20. The van der Waals surface area contributed by atoms with Crippen LogP contribution in [-0.2, 0) is 27.6 Å². The highest BCUT2D eigenvalue weighted by Crippen LogP contribution is 2.33. The van der Waals surface area contributed by atoms with E-state index in [1.165, 1.54) is 29.7 Å². The van der Waals surface area contributed by atoms with Gasteiger partial charge in [-0.15, -0.1) is 0 Å². The molecule has 6 nitrogen and oxygen atoms in total. The maximum Gasteiger partial charge on any atom is 0.233 e. The normalized spacial score (nSPS) is 11.6. The van der Waals surface area contributed by atoms with Crippen molar-refractivity contribution < 1.29 is 13.2 Å². The molecule has 0 aliphatic carbocycles. The number of aryl methyl sites for hydroxylation is 2. The molecule has 0 bridgehead atoms. The first-order valence-electron chi connectivity index (χ1n) is 10.1. The number of benzene rings is 2. The van der Waals surface area contributed by atoms with Gasteiger partial charge in [-0.25, -0.2) is 13.4 Å². The Kier molecular flexibility index (Phi) is 6.08. The van der Waals surface area contributed by atoms with Gasteiger partial charge in [-0.05, 0) is 66.4 Å². The van der Waals surface area contributed by atoms with Crippen LogP contribution >= 0.6 is 11.3 Å². The molecule has 0 spiro atoms. The van der Waals surface area contributed by atoms with E-state index in [0.29, 0.717) is 11.7 Å². The molecule has 0 aliphatic rings. The highest BCUT2D eigenvalue weighted by molar-refractivity contribution is 7.90. The van der Waals surface area contributed by atoms with Gasteiger partial charge >= 0.3 is 0 Å². The molecule has 0 aliphatic heterocycles. The van der Waals surface area contributed by atoms with Gasteiger partial charge in [-0.2, -0.15) is 0 Å². The molecular formula is C24H23N3O3S2. The highest BCUT2D eigenvalue weighted by atomic mass is 32.2. The number of anilines is 1. The SMILES string of the molecule is Cc1ccc2sc(N(Cc3ccncc3)C(=O)Cc3ccc(S(C)(=O)=O)cc3)nc2c1C. The predicted octanol–water partition coefficient (Wildman–Crippen LogP) is 4.49. The molecule has 1 amide bonds. The number of thiazole rings is 1. The number of pyridine rings is 1. The zero-order valence-corrected chi connectivity index (χ0v) is 19.7. The summed E-state index contributed by atoms with van der Waals surface area (Å²) in [6.07, 6.45) is 4.71. The lowest BCUT2D eigenvalue weighted by atomic mass is 10.1. The molecule has 0 saturated heterocycles. The van der Waals surface area contributed by atoms with E-state index in [4.69, 9.17) is 4.98 Å². The maximum absolute atomic E-state index is 13.4. The first-order valence-corrected chi connectivity index (χ1v) is 12.8. The van der Waals surface area contributed by atoms with Crippen LogP contribution in [0.4, 0.5) is 5.13 Å². The third-order valence-electron chi connectivity index (χ3n) is 5.40. The predicted molar refractivity (Wildman–Crippen MR) is 128 cm³/mol. The Bertz CT molecular complexity index is 1380. The van der Waals surface area contributed by atoms with E-state index in [2.05, 4.69) is 11.1 Å². The Labute approximate surface area is 191 Å². The molecule has 0 fully saturated rings. The number of aromatic nitrogens is 2. The summed E-state index contributed by atoms with van der Waals surface area (Å²) in [5.74, 6) is -0.109. The van der Waals surface area contributed by atoms with E-state index >= 15 is 0 Å².